The van der Waals surface area contributed by atoms with Crippen molar-refractivity contribution in [3.63, 3.8) is 0 Å². The number of ketones is 1. The summed E-state index contributed by atoms with van der Waals surface area (Å²) in [6.45, 7) is 4.33. The standard InChI is InChI=1S/C18H19ClO2/c1-4-12(2)13-5-7-14(8-6-13)18(20)16-10-9-15(19)11-17(16)21-3/h5-12H,4H2,1-3H3. The molecule has 2 rings (SSSR count). The number of hydrogen-bond donors (Lipinski definition) is 0. The molecule has 0 aliphatic rings. The number of benzene rings is 2. The van der Waals surface area contributed by atoms with E-state index in [2.05, 4.69) is 13.8 Å². The van der Waals surface area contributed by atoms with E-state index in [1.807, 2.05) is 24.3 Å². The molecule has 0 amide bonds. The first-order valence-corrected chi connectivity index (χ1v) is 7.42. The maximum absolute atomic E-state index is 12.6. The Kier molecular flexibility index (Phi) is 5.03. The van der Waals surface area contributed by atoms with Crippen molar-refractivity contribution < 1.29 is 9.53 Å². The second-order valence-corrected chi connectivity index (χ2v) is 5.54. The van der Waals surface area contributed by atoms with Gasteiger partial charge in [0, 0.05) is 10.6 Å². The minimum Gasteiger partial charge on any atom is -0.496 e. The van der Waals surface area contributed by atoms with Gasteiger partial charge in [-0.05, 0) is 36.1 Å². The molecular weight excluding hydrogens is 284 g/mol. The molecule has 0 spiro atoms. The Bertz CT molecular complexity index is 632. The van der Waals surface area contributed by atoms with Gasteiger partial charge in [-0.3, -0.25) is 4.79 Å². The highest BCUT2D eigenvalue weighted by Gasteiger charge is 2.15. The molecule has 0 N–H and O–H groups in total. The molecule has 1 unspecified atom stereocenters. The van der Waals surface area contributed by atoms with Crippen molar-refractivity contribution in [2.75, 3.05) is 7.11 Å². The molecule has 0 aromatic heterocycles. The van der Waals surface area contributed by atoms with Crippen LogP contribution in [0, 0.1) is 0 Å². The smallest absolute Gasteiger partial charge is 0.196 e. The van der Waals surface area contributed by atoms with E-state index < -0.39 is 0 Å². The molecule has 0 saturated heterocycles. The maximum atomic E-state index is 12.6. The zero-order valence-corrected chi connectivity index (χ0v) is 13.3. The van der Waals surface area contributed by atoms with Gasteiger partial charge in [0.2, 0.25) is 0 Å². The lowest BCUT2D eigenvalue weighted by atomic mass is 9.95. The lowest BCUT2D eigenvalue weighted by molar-refractivity contribution is 0.103. The molecule has 0 aliphatic heterocycles. The van der Waals surface area contributed by atoms with Gasteiger partial charge < -0.3 is 4.74 Å². The van der Waals surface area contributed by atoms with E-state index in [1.54, 1.807) is 18.2 Å². The summed E-state index contributed by atoms with van der Waals surface area (Å²) in [7, 11) is 1.54. The van der Waals surface area contributed by atoms with Crippen LogP contribution in [0.25, 0.3) is 0 Å². The molecular formula is C18H19ClO2. The number of hydrogen-bond acceptors (Lipinski definition) is 2. The second-order valence-electron chi connectivity index (χ2n) is 5.11. The van der Waals surface area contributed by atoms with Crippen LogP contribution < -0.4 is 4.74 Å². The Hall–Kier alpha value is -1.80. The number of halogens is 1. The zero-order valence-electron chi connectivity index (χ0n) is 12.5. The SMILES string of the molecule is CCC(C)c1ccc(C(=O)c2ccc(Cl)cc2OC)cc1. The Morgan fingerprint density at radius 3 is 2.43 bits per heavy atom. The average Bonchev–Trinajstić information content (AvgIpc) is 2.53. The summed E-state index contributed by atoms with van der Waals surface area (Å²) in [6, 6.07) is 12.8. The number of carbonyl (C=O) groups excluding carboxylic acids is 1. The van der Waals surface area contributed by atoms with Gasteiger partial charge in [0.15, 0.2) is 5.78 Å². The Labute approximate surface area is 130 Å². The van der Waals surface area contributed by atoms with Gasteiger partial charge >= 0.3 is 0 Å². The van der Waals surface area contributed by atoms with E-state index in [1.165, 1.54) is 12.7 Å². The van der Waals surface area contributed by atoms with Gasteiger partial charge in [0.25, 0.3) is 0 Å². The molecule has 0 fully saturated rings. The van der Waals surface area contributed by atoms with Crippen molar-refractivity contribution in [2.24, 2.45) is 0 Å². The fraction of sp³-hybridized carbons (Fsp3) is 0.278. The fourth-order valence-corrected chi connectivity index (χ4v) is 2.37. The molecule has 0 heterocycles. The lowest BCUT2D eigenvalue weighted by Crippen LogP contribution is -2.04. The Balaban J connectivity index is 2.32. The van der Waals surface area contributed by atoms with E-state index in [0.717, 1.165) is 6.42 Å². The van der Waals surface area contributed by atoms with Crippen molar-refractivity contribution in [3.05, 3.63) is 64.2 Å². The predicted octanol–water partition coefficient (Wildman–Crippen LogP) is 5.09. The van der Waals surface area contributed by atoms with Crippen LogP contribution in [0.3, 0.4) is 0 Å². The molecule has 2 aromatic carbocycles. The summed E-state index contributed by atoms with van der Waals surface area (Å²) in [5.74, 6) is 0.942. The second kappa shape index (κ2) is 6.77. The van der Waals surface area contributed by atoms with Crippen molar-refractivity contribution in [3.8, 4) is 5.75 Å². The number of carbonyl (C=O) groups is 1. The van der Waals surface area contributed by atoms with Crippen molar-refractivity contribution in [1.29, 1.82) is 0 Å². The van der Waals surface area contributed by atoms with Crippen LogP contribution in [-0.2, 0) is 0 Å². The van der Waals surface area contributed by atoms with E-state index >= 15 is 0 Å². The van der Waals surface area contributed by atoms with Crippen LogP contribution in [-0.4, -0.2) is 12.9 Å². The van der Waals surface area contributed by atoms with E-state index in [0.29, 0.717) is 27.8 Å². The predicted molar refractivity (Wildman–Crippen MR) is 86.6 cm³/mol. The van der Waals surface area contributed by atoms with Gasteiger partial charge in [-0.1, -0.05) is 49.7 Å². The topological polar surface area (TPSA) is 26.3 Å². The van der Waals surface area contributed by atoms with E-state index in [-0.39, 0.29) is 5.78 Å². The normalized spacial score (nSPS) is 12.0. The third-order valence-electron chi connectivity index (χ3n) is 3.76. The molecule has 2 nitrogen and oxygen atoms in total. The van der Waals surface area contributed by atoms with Crippen molar-refractivity contribution in [2.45, 2.75) is 26.2 Å². The van der Waals surface area contributed by atoms with Crippen LogP contribution in [0.15, 0.2) is 42.5 Å². The lowest BCUT2D eigenvalue weighted by Gasteiger charge is -2.11. The van der Waals surface area contributed by atoms with Gasteiger partial charge in [-0.2, -0.15) is 0 Å². The molecule has 2 aromatic rings. The minimum absolute atomic E-state index is 0.0563. The molecule has 3 heteroatoms. The van der Waals surface area contributed by atoms with Crippen molar-refractivity contribution >= 4 is 17.4 Å². The highest BCUT2D eigenvalue weighted by Crippen LogP contribution is 2.26. The molecule has 0 saturated carbocycles. The van der Waals surface area contributed by atoms with Crippen LogP contribution in [0.1, 0.15) is 47.7 Å². The number of ether oxygens (including phenoxy) is 1. The number of rotatable bonds is 5. The summed E-state index contributed by atoms with van der Waals surface area (Å²) in [5, 5.41) is 0.551. The molecule has 21 heavy (non-hydrogen) atoms. The van der Waals surface area contributed by atoms with Crippen LogP contribution in [0.2, 0.25) is 5.02 Å². The first-order valence-electron chi connectivity index (χ1n) is 7.05. The third kappa shape index (κ3) is 3.45. The summed E-state index contributed by atoms with van der Waals surface area (Å²) >= 11 is 5.93. The molecule has 1 atom stereocenters. The Morgan fingerprint density at radius 1 is 1.19 bits per heavy atom. The largest absolute Gasteiger partial charge is 0.496 e. The van der Waals surface area contributed by atoms with Crippen LogP contribution >= 0.6 is 11.6 Å². The van der Waals surface area contributed by atoms with E-state index in [4.69, 9.17) is 16.3 Å². The summed E-state index contributed by atoms with van der Waals surface area (Å²) in [4.78, 5) is 12.6. The quantitative estimate of drug-likeness (QED) is 0.719. The molecule has 0 radical (unpaired) electrons. The van der Waals surface area contributed by atoms with Gasteiger partial charge in [0.1, 0.15) is 5.75 Å². The molecule has 0 aliphatic carbocycles. The molecule has 0 bridgehead atoms. The van der Waals surface area contributed by atoms with Crippen LogP contribution in [0.4, 0.5) is 0 Å². The minimum atomic E-state index is -0.0563. The maximum Gasteiger partial charge on any atom is 0.196 e. The fourth-order valence-electron chi connectivity index (χ4n) is 2.21. The van der Waals surface area contributed by atoms with Crippen molar-refractivity contribution in [1.82, 2.24) is 0 Å². The van der Waals surface area contributed by atoms with E-state index in [9.17, 15) is 4.79 Å². The summed E-state index contributed by atoms with van der Waals surface area (Å²) < 4.78 is 5.24. The first kappa shape index (κ1) is 15.6. The monoisotopic (exact) mass is 302 g/mol. The Morgan fingerprint density at radius 2 is 1.86 bits per heavy atom. The first-order chi connectivity index (χ1) is 10.1. The van der Waals surface area contributed by atoms with Gasteiger partial charge in [0.05, 0.1) is 12.7 Å². The highest BCUT2D eigenvalue weighted by molar-refractivity contribution is 6.31. The zero-order chi connectivity index (χ0) is 15.4. The number of methoxy groups -OCH3 is 1. The molecule has 110 valence electrons. The van der Waals surface area contributed by atoms with Crippen LogP contribution in [0.5, 0.6) is 5.75 Å². The average molecular weight is 303 g/mol. The third-order valence-corrected chi connectivity index (χ3v) is 4.00. The summed E-state index contributed by atoms with van der Waals surface area (Å²) in [5.41, 5.74) is 2.43. The highest BCUT2D eigenvalue weighted by atomic mass is 35.5. The summed E-state index contributed by atoms with van der Waals surface area (Å²) in [6.07, 6.45) is 1.08. The van der Waals surface area contributed by atoms with Gasteiger partial charge in [-0.25, -0.2) is 0 Å². The van der Waals surface area contributed by atoms with Gasteiger partial charge in [-0.15, -0.1) is 0 Å².